The van der Waals surface area contributed by atoms with Crippen molar-refractivity contribution in [2.24, 2.45) is 0 Å². The fourth-order valence-electron chi connectivity index (χ4n) is 2.05. The van der Waals surface area contributed by atoms with Gasteiger partial charge < -0.3 is 4.98 Å². The summed E-state index contributed by atoms with van der Waals surface area (Å²) in [7, 11) is -4.55. The lowest BCUT2D eigenvalue weighted by atomic mass is 10.1. The van der Waals surface area contributed by atoms with Crippen LogP contribution in [0.2, 0.25) is 0 Å². The van der Waals surface area contributed by atoms with Crippen LogP contribution >= 0.6 is 0 Å². The Morgan fingerprint density at radius 1 is 1.20 bits per heavy atom. The Morgan fingerprint density at radius 3 is 2.50 bits per heavy atom. The molecule has 108 valence electrons. The second-order valence-electron chi connectivity index (χ2n) is 4.50. The van der Waals surface area contributed by atoms with Gasteiger partial charge in [-0.05, 0) is 30.5 Å². The standard InChI is InChI=1S/C12H14N2O5S/c1-2-3-4-7-5-8-10(9(6-7)20(17,18)19)11(15)14-12(16)13-8/h5-6H,2-4H2,1H3,(H,17,18,19)(H2,13,14,15,16). The lowest BCUT2D eigenvalue weighted by Crippen LogP contribution is -2.23. The monoisotopic (exact) mass is 298 g/mol. The van der Waals surface area contributed by atoms with Gasteiger partial charge in [-0.25, -0.2) is 4.79 Å². The van der Waals surface area contributed by atoms with Crippen LogP contribution in [0.25, 0.3) is 10.9 Å². The first-order valence-corrected chi connectivity index (χ1v) is 7.53. The summed E-state index contributed by atoms with van der Waals surface area (Å²) >= 11 is 0. The number of nitrogens with one attached hydrogen (secondary N) is 2. The number of rotatable bonds is 4. The van der Waals surface area contributed by atoms with Crippen molar-refractivity contribution >= 4 is 21.0 Å². The molecule has 0 atom stereocenters. The van der Waals surface area contributed by atoms with E-state index in [-0.39, 0.29) is 10.9 Å². The molecule has 0 unspecified atom stereocenters. The van der Waals surface area contributed by atoms with Crippen LogP contribution < -0.4 is 11.2 Å². The van der Waals surface area contributed by atoms with Gasteiger partial charge in [0.15, 0.2) is 0 Å². The van der Waals surface area contributed by atoms with Crippen LogP contribution in [-0.2, 0) is 16.5 Å². The van der Waals surface area contributed by atoms with E-state index in [1.165, 1.54) is 6.07 Å². The highest BCUT2D eigenvalue weighted by Crippen LogP contribution is 2.21. The van der Waals surface area contributed by atoms with E-state index in [9.17, 15) is 22.6 Å². The zero-order chi connectivity index (χ0) is 14.9. The van der Waals surface area contributed by atoms with Crippen molar-refractivity contribution in [3.05, 3.63) is 38.5 Å². The molecule has 3 N–H and O–H groups in total. The zero-order valence-electron chi connectivity index (χ0n) is 10.8. The maximum atomic E-state index is 11.7. The zero-order valence-corrected chi connectivity index (χ0v) is 11.6. The molecule has 0 spiro atoms. The van der Waals surface area contributed by atoms with Crippen LogP contribution in [0.1, 0.15) is 25.3 Å². The third kappa shape index (κ3) is 2.81. The first kappa shape index (κ1) is 14.5. The quantitative estimate of drug-likeness (QED) is 0.721. The molecule has 1 aromatic heterocycles. The van der Waals surface area contributed by atoms with Gasteiger partial charge in [0.2, 0.25) is 0 Å². The van der Waals surface area contributed by atoms with E-state index < -0.39 is 26.3 Å². The van der Waals surface area contributed by atoms with Crippen molar-refractivity contribution in [1.29, 1.82) is 0 Å². The minimum Gasteiger partial charge on any atom is -0.307 e. The normalized spacial score (nSPS) is 11.9. The van der Waals surface area contributed by atoms with E-state index in [0.29, 0.717) is 12.0 Å². The molecule has 2 rings (SSSR count). The second-order valence-corrected chi connectivity index (χ2v) is 5.89. The fraction of sp³-hybridized carbons (Fsp3) is 0.333. The van der Waals surface area contributed by atoms with E-state index >= 15 is 0 Å². The number of benzene rings is 1. The Balaban J connectivity index is 2.86. The summed E-state index contributed by atoms with van der Waals surface area (Å²) in [5, 5.41) is -0.243. The predicted molar refractivity (Wildman–Crippen MR) is 73.6 cm³/mol. The first-order chi connectivity index (χ1) is 9.32. The Labute approximate surface area is 114 Å². The molecule has 0 saturated carbocycles. The molecule has 0 fully saturated rings. The largest absolute Gasteiger partial charge is 0.326 e. The molecule has 1 aromatic carbocycles. The van der Waals surface area contributed by atoms with E-state index in [1.54, 1.807) is 6.07 Å². The molecule has 7 nitrogen and oxygen atoms in total. The molecular weight excluding hydrogens is 284 g/mol. The highest BCUT2D eigenvalue weighted by atomic mass is 32.2. The summed E-state index contributed by atoms with van der Waals surface area (Å²) in [4.78, 5) is 26.8. The number of aromatic amines is 2. The van der Waals surface area contributed by atoms with E-state index in [0.717, 1.165) is 12.8 Å². The smallest absolute Gasteiger partial charge is 0.307 e. The van der Waals surface area contributed by atoms with Crippen molar-refractivity contribution in [1.82, 2.24) is 9.97 Å². The number of hydrogen-bond acceptors (Lipinski definition) is 4. The molecule has 0 aliphatic carbocycles. The molecule has 0 saturated heterocycles. The van der Waals surface area contributed by atoms with Gasteiger partial charge in [0.1, 0.15) is 4.90 Å². The maximum Gasteiger partial charge on any atom is 0.326 e. The summed E-state index contributed by atoms with van der Waals surface area (Å²) in [6.45, 7) is 1.98. The molecular formula is C12H14N2O5S. The van der Waals surface area contributed by atoms with Gasteiger partial charge >= 0.3 is 5.69 Å². The van der Waals surface area contributed by atoms with Gasteiger partial charge in [0, 0.05) is 0 Å². The molecule has 0 radical (unpaired) electrons. The fourth-order valence-corrected chi connectivity index (χ4v) is 2.81. The SMILES string of the molecule is CCCCc1cc(S(=O)(=O)O)c2c(=O)[nH]c(=O)[nH]c2c1. The Bertz CT molecular complexity index is 864. The maximum absolute atomic E-state index is 11.7. The van der Waals surface area contributed by atoms with Crippen LogP contribution in [0, 0.1) is 0 Å². The molecule has 20 heavy (non-hydrogen) atoms. The Hall–Kier alpha value is -1.93. The van der Waals surface area contributed by atoms with Gasteiger partial charge in [0.05, 0.1) is 10.9 Å². The Morgan fingerprint density at radius 2 is 1.90 bits per heavy atom. The average molecular weight is 298 g/mol. The van der Waals surface area contributed by atoms with Gasteiger partial charge in [-0.1, -0.05) is 13.3 Å². The molecule has 0 aliphatic rings. The van der Waals surface area contributed by atoms with Gasteiger partial charge in [0.25, 0.3) is 15.7 Å². The third-order valence-corrected chi connectivity index (χ3v) is 3.84. The number of fused-ring (bicyclic) bond motifs is 1. The van der Waals surface area contributed by atoms with Crippen molar-refractivity contribution < 1.29 is 13.0 Å². The highest BCUT2D eigenvalue weighted by molar-refractivity contribution is 7.86. The number of unbranched alkanes of at least 4 members (excludes halogenated alkanes) is 1. The molecule has 1 heterocycles. The van der Waals surface area contributed by atoms with Gasteiger partial charge in [-0.2, -0.15) is 8.42 Å². The average Bonchev–Trinajstić information content (AvgIpc) is 2.33. The van der Waals surface area contributed by atoms with Crippen LogP contribution in [0.4, 0.5) is 0 Å². The molecule has 0 aliphatic heterocycles. The van der Waals surface area contributed by atoms with Crippen LogP contribution in [0.5, 0.6) is 0 Å². The van der Waals surface area contributed by atoms with E-state index in [1.807, 2.05) is 11.9 Å². The number of aryl methyl sites for hydroxylation is 1. The van der Waals surface area contributed by atoms with Crippen LogP contribution in [0.15, 0.2) is 26.6 Å². The van der Waals surface area contributed by atoms with E-state index in [2.05, 4.69) is 4.98 Å². The number of aromatic nitrogens is 2. The number of hydrogen-bond donors (Lipinski definition) is 3. The third-order valence-electron chi connectivity index (χ3n) is 2.96. The van der Waals surface area contributed by atoms with Gasteiger partial charge in [-0.15, -0.1) is 0 Å². The Kier molecular flexibility index (Phi) is 3.78. The minimum atomic E-state index is -4.55. The van der Waals surface area contributed by atoms with Crippen LogP contribution in [0.3, 0.4) is 0 Å². The van der Waals surface area contributed by atoms with Crippen molar-refractivity contribution in [3.8, 4) is 0 Å². The highest BCUT2D eigenvalue weighted by Gasteiger charge is 2.18. The lowest BCUT2D eigenvalue weighted by molar-refractivity contribution is 0.484. The van der Waals surface area contributed by atoms with Crippen molar-refractivity contribution in [2.45, 2.75) is 31.1 Å². The topological polar surface area (TPSA) is 120 Å². The molecule has 0 bridgehead atoms. The summed E-state index contributed by atoms with van der Waals surface area (Å²) in [6, 6.07) is 2.82. The van der Waals surface area contributed by atoms with E-state index in [4.69, 9.17) is 0 Å². The van der Waals surface area contributed by atoms with Crippen molar-refractivity contribution in [2.75, 3.05) is 0 Å². The molecule has 2 aromatic rings. The van der Waals surface area contributed by atoms with Crippen LogP contribution in [-0.4, -0.2) is 22.9 Å². The summed E-state index contributed by atoms with van der Waals surface area (Å²) in [5.41, 5.74) is -0.844. The molecule has 0 amide bonds. The molecule has 8 heteroatoms. The minimum absolute atomic E-state index is 0.0972. The number of H-pyrrole nitrogens is 2. The first-order valence-electron chi connectivity index (χ1n) is 6.09. The summed E-state index contributed by atoms with van der Waals surface area (Å²) in [6.07, 6.45) is 2.32. The summed E-state index contributed by atoms with van der Waals surface area (Å²) in [5.74, 6) is 0. The predicted octanol–water partition coefficient (Wildman–Crippen LogP) is 0.806. The second kappa shape index (κ2) is 5.22. The lowest BCUT2D eigenvalue weighted by Gasteiger charge is -2.07. The van der Waals surface area contributed by atoms with Crippen molar-refractivity contribution in [3.63, 3.8) is 0 Å². The summed E-state index contributed by atoms with van der Waals surface area (Å²) < 4.78 is 32.1. The van der Waals surface area contributed by atoms with Gasteiger partial charge in [-0.3, -0.25) is 14.3 Å².